The molecule has 0 N–H and O–H groups in total. The van der Waals surface area contributed by atoms with Crippen molar-refractivity contribution >= 4 is 5.57 Å². The fourth-order valence-electron chi connectivity index (χ4n) is 8.22. The Morgan fingerprint density at radius 3 is 2.00 bits per heavy atom. The average molecular weight is 481 g/mol. The second kappa shape index (κ2) is 11.9. The van der Waals surface area contributed by atoms with Crippen molar-refractivity contribution in [2.24, 2.45) is 29.6 Å². The zero-order valence-corrected chi connectivity index (χ0v) is 22.5. The lowest BCUT2D eigenvalue weighted by Gasteiger charge is -2.37. The third kappa shape index (κ3) is 6.23. The van der Waals surface area contributed by atoms with Gasteiger partial charge < -0.3 is 4.74 Å². The van der Waals surface area contributed by atoms with Gasteiger partial charge >= 0.3 is 0 Å². The van der Waals surface area contributed by atoms with E-state index in [1.807, 2.05) is 6.07 Å². The zero-order chi connectivity index (χ0) is 24.2. The van der Waals surface area contributed by atoms with E-state index < -0.39 is 0 Å². The average Bonchev–Trinajstić information content (AvgIpc) is 2.90. The largest absolute Gasteiger partial charge is 0.379 e. The maximum atomic E-state index is 15.3. The van der Waals surface area contributed by atoms with Gasteiger partial charge in [0.25, 0.3) is 0 Å². The summed E-state index contributed by atoms with van der Waals surface area (Å²) in [6.45, 7) is 5.37. The van der Waals surface area contributed by atoms with Crippen LogP contribution in [0.5, 0.6) is 0 Å². The smallest absolute Gasteiger partial charge is 0.130 e. The van der Waals surface area contributed by atoms with E-state index in [1.54, 1.807) is 0 Å². The Hall–Kier alpha value is -1.15. The van der Waals surface area contributed by atoms with Gasteiger partial charge in [0.1, 0.15) is 5.82 Å². The first-order chi connectivity index (χ1) is 17.1. The quantitative estimate of drug-likeness (QED) is 0.394. The first kappa shape index (κ1) is 25.5. The van der Waals surface area contributed by atoms with Gasteiger partial charge in [-0.15, -0.1) is 0 Å². The van der Waals surface area contributed by atoms with Gasteiger partial charge in [-0.2, -0.15) is 0 Å². The highest BCUT2D eigenvalue weighted by Crippen LogP contribution is 2.45. The second-order valence-corrected chi connectivity index (χ2v) is 12.6. The molecule has 1 atom stereocenters. The standard InChI is InChI=1S/C33H49FO/c1-3-35-31-19-16-27(17-20-31)26-12-14-29(15-13-26)32-21-18-30(22-33(32)34)28-10-8-25(9-11-28)24-6-4-23(2)5-7-24/h14,18,21-28,31H,3-13,15-17,19-20H2,1-2H3. The number of rotatable bonds is 6. The lowest BCUT2D eigenvalue weighted by atomic mass is 9.68. The molecular weight excluding hydrogens is 431 g/mol. The minimum atomic E-state index is 0.0211. The molecule has 0 spiro atoms. The molecule has 1 nitrogen and oxygen atoms in total. The molecule has 1 unspecified atom stereocenters. The van der Waals surface area contributed by atoms with E-state index in [0.717, 1.165) is 54.6 Å². The Bertz CT molecular complexity index is 835. The van der Waals surface area contributed by atoms with Crippen molar-refractivity contribution in [3.05, 3.63) is 41.2 Å². The normalized spacial score (nSPS) is 36.5. The summed E-state index contributed by atoms with van der Waals surface area (Å²) >= 11 is 0. The van der Waals surface area contributed by atoms with E-state index >= 15 is 4.39 Å². The number of ether oxygens (including phenoxy) is 1. The van der Waals surface area contributed by atoms with Crippen LogP contribution in [0.25, 0.3) is 5.57 Å². The van der Waals surface area contributed by atoms with Crippen molar-refractivity contribution in [2.75, 3.05) is 6.61 Å². The van der Waals surface area contributed by atoms with Crippen molar-refractivity contribution in [3.8, 4) is 0 Å². The van der Waals surface area contributed by atoms with E-state index in [-0.39, 0.29) is 5.82 Å². The first-order valence-corrected chi connectivity index (χ1v) is 15.2. The molecular formula is C33H49FO. The molecule has 0 heterocycles. The molecule has 4 aliphatic rings. The SMILES string of the molecule is CCOC1CCC(C2CC=C(c3ccc(C4CCC(C5CCC(C)CC5)CC4)cc3F)CC2)CC1. The maximum absolute atomic E-state index is 15.3. The third-order valence-electron chi connectivity index (χ3n) is 10.5. The monoisotopic (exact) mass is 480 g/mol. The molecule has 1 aromatic rings. The number of halogens is 1. The summed E-state index contributed by atoms with van der Waals surface area (Å²) in [6, 6.07) is 6.26. The highest BCUT2D eigenvalue weighted by atomic mass is 19.1. The molecule has 0 aliphatic heterocycles. The Labute approximate surface area is 214 Å². The van der Waals surface area contributed by atoms with Gasteiger partial charge in [0.15, 0.2) is 0 Å². The van der Waals surface area contributed by atoms with Crippen LogP contribution in [-0.2, 0) is 4.74 Å². The molecule has 3 saturated carbocycles. The summed E-state index contributed by atoms with van der Waals surface area (Å²) in [4.78, 5) is 0. The van der Waals surface area contributed by atoms with Gasteiger partial charge in [-0.1, -0.05) is 38.0 Å². The lowest BCUT2D eigenvalue weighted by molar-refractivity contribution is 0.0175. The topological polar surface area (TPSA) is 9.23 Å². The molecule has 194 valence electrons. The lowest BCUT2D eigenvalue weighted by Crippen LogP contribution is -2.27. The summed E-state index contributed by atoms with van der Waals surface area (Å²) in [7, 11) is 0. The van der Waals surface area contributed by atoms with E-state index in [2.05, 4.69) is 32.1 Å². The number of hydrogen-bond donors (Lipinski definition) is 0. The Morgan fingerprint density at radius 1 is 0.771 bits per heavy atom. The Balaban J connectivity index is 1.13. The minimum Gasteiger partial charge on any atom is -0.379 e. The molecule has 35 heavy (non-hydrogen) atoms. The van der Waals surface area contributed by atoms with Crippen LogP contribution in [0.2, 0.25) is 0 Å². The molecule has 3 fully saturated rings. The first-order valence-electron chi connectivity index (χ1n) is 15.2. The third-order valence-corrected chi connectivity index (χ3v) is 10.5. The molecule has 2 heteroatoms. The molecule has 4 aliphatic carbocycles. The molecule has 0 aromatic heterocycles. The van der Waals surface area contributed by atoms with E-state index in [9.17, 15) is 0 Å². The molecule has 0 radical (unpaired) electrons. The predicted octanol–water partition coefficient (Wildman–Crippen LogP) is 9.70. The van der Waals surface area contributed by atoms with Crippen molar-refractivity contribution in [1.82, 2.24) is 0 Å². The van der Waals surface area contributed by atoms with Crippen LogP contribution >= 0.6 is 0 Å². The van der Waals surface area contributed by atoms with Crippen LogP contribution < -0.4 is 0 Å². The van der Waals surface area contributed by atoms with Crippen molar-refractivity contribution in [3.63, 3.8) is 0 Å². The predicted molar refractivity (Wildman–Crippen MR) is 145 cm³/mol. The number of hydrogen-bond acceptors (Lipinski definition) is 1. The van der Waals surface area contributed by atoms with Crippen LogP contribution in [-0.4, -0.2) is 12.7 Å². The summed E-state index contributed by atoms with van der Waals surface area (Å²) in [5.41, 5.74) is 3.38. The molecule has 1 aromatic carbocycles. The molecule has 5 rings (SSSR count). The maximum Gasteiger partial charge on any atom is 0.130 e. The van der Waals surface area contributed by atoms with Crippen LogP contribution in [0.15, 0.2) is 24.3 Å². The summed E-state index contributed by atoms with van der Waals surface area (Å²) < 4.78 is 21.1. The van der Waals surface area contributed by atoms with Gasteiger partial charge in [-0.3, -0.25) is 0 Å². The van der Waals surface area contributed by atoms with Crippen LogP contribution in [0, 0.1) is 35.4 Å². The fourth-order valence-corrected chi connectivity index (χ4v) is 8.22. The minimum absolute atomic E-state index is 0.0211. The number of allylic oxidation sites excluding steroid dienone is 2. The van der Waals surface area contributed by atoms with Crippen LogP contribution in [0.4, 0.5) is 4.39 Å². The van der Waals surface area contributed by atoms with Crippen molar-refractivity contribution < 1.29 is 9.13 Å². The van der Waals surface area contributed by atoms with Gasteiger partial charge in [-0.25, -0.2) is 4.39 Å². The Kier molecular flexibility index (Phi) is 8.69. The molecule has 0 saturated heterocycles. The summed E-state index contributed by atoms with van der Waals surface area (Å²) in [6.07, 6.45) is 22.3. The van der Waals surface area contributed by atoms with Crippen molar-refractivity contribution in [1.29, 1.82) is 0 Å². The molecule has 0 amide bonds. The van der Waals surface area contributed by atoms with Gasteiger partial charge in [0.05, 0.1) is 6.10 Å². The van der Waals surface area contributed by atoms with Gasteiger partial charge in [0, 0.05) is 12.2 Å². The highest BCUT2D eigenvalue weighted by Gasteiger charge is 2.32. The summed E-state index contributed by atoms with van der Waals surface area (Å²) in [5, 5.41) is 0. The highest BCUT2D eigenvalue weighted by molar-refractivity contribution is 5.67. The van der Waals surface area contributed by atoms with E-state index in [0.29, 0.717) is 12.0 Å². The van der Waals surface area contributed by atoms with Crippen LogP contribution in [0.1, 0.15) is 127 Å². The number of benzene rings is 1. The van der Waals surface area contributed by atoms with Gasteiger partial charge in [-0.05, 0) is 143 Å². The zero-order valence-electron chi connectivity index (χ0n) is 22.5. The van der Waals surface area contributed by atoms with Crippen LogP contribution in [0.3, 0.4) is 0 Å². The summed E-state index contributed by atoms with van der Waals surface area (Å²) in [5.74, 6) is 5.04. The molecule has 0 bridgehead atoms. The van der Waals surface area contributed by atoms with Crippen molar-refractivity contribution in [2.45, 2.75) is 122 Å². The Morgan fingerprint density at radius 2 is 1.40 bits per heavy atom. The van der Waals surface area contributed by atoms with E-state index in [1.165, 1.54) is 94.6 Å². The second-order valence-electron chi connectivity index (χ2n) is 12.6. The fraction of sp³-hybridized carbons (Fsp3) is 0.758. The van der Waals surface area contributed by atoms with E-state index in [4.69, 9.17) is 4.74 Å². The van der Waals surface area contributed by atoms with Gasteiger partial charge in [0.2, 0.25) is 0 Å².